The minimum Gasteiger partial charge on any atom is -0.326 e. The zero-order valence-corrected chi connectivity index (χ0v) is 14.6. The van der Waals surface area contributed by atoms with E-state index < -0.39 is 17.6 Å². The van der Waals surface area contributed by atoms with Gasteiger partial charge in [-0.1, -0.05) is 38.1 Å². The molecule has 134 valence electrons. The van der Waals surface area contributed by atoms with E-state index in [1.54, 1.807) is 0 Å². The summed E-state index contributed by atoms with van der Waals surface area (Å²) in [6.07, 6.45) is -0.0560. The maximum absolute atomic E-state index is 13.8. The Balaban J connectivity index is 1.67. The molecule has 2 aromatic rings. The van der Waals surface area contributed by atoms with E-state index in [2.05, 4.69) is 5.32 Å². The lowest BCUT2D eigenvalue weighted by atomic mass is 10.0. The molecule has 0 saturated heterocycles. The van der Waals surface area contributed by atoms with Crippen molar-refractivity contribution in [1.82, 2.24) is 4.90 Å². The molecule has 0 atom stereocenters. The molecule has 1 heterocycles. The molecule has 0 spiro atoms. The van der Waals surface area contributed by atoms with Crippen molar-refractivity contribution in [2.24, 2.45) is 0 Å². The highest BCUT2D eigenvalue weighted by molar-refractivity contribution is 6.21. The molecule has 1 N–H and O–H groups in total. The summed E-state index contributed by atoms with van der Waals surface area (Å²) in [5, 5.41) is 2.82. The van der Waals surface area contributed by atoms with Crippen LogP contribution in [-0.2, 0) is 4.79 Å². The normalized spacial score (nSPS) is 13.3. The fourth-order valence-corrected chi connectivity index (χ4v) is 3.04. The van der Waals surface area contributed by atoms with Gasteiger partial charge in [0, 0.05) is 18.7 Å². The lowest BCUT2D eigenvalue weighted by Gasteiger charge is -2.16. The highest BCUT2D eigenvalue weighted by atomic mass is 19.1. The largest absolute Gasteiger partial charge is 0.326 e. The van der Waals surface area contributed by atoms with Gasteiger partial charge in [0.05, 0.1) is 11.1 Å². The molecule has 0 unspecified atom stereocenters. The SMILES string of the molecule is CC(C)c1ccccc1NC(=O)CCN1C(=O)c2cccc(F)c2C1=O. The smallest absolute Gasteiger partial charge is 0.264 e. The average Bonchev–Trinajstić information content (AvgIpc) is 2.85. The highest BCUT2D eigenvalue weighted by Gasteiger charge is 2.37. The van der Waals surface area contributed by atoms with Gasteiger partial charge in [-0.05, 0) is 29.7 Å². The number of nitrogens with zero attached hydrogens (tertiary/aromatic N) is 1. The minimum absolute atomic E-state index is 0.0422. The van der Waals surface area contributed by atoms with Gasteiger partial charge in [0.1, 0.15) is 5.82 Å². The Morgan fingerprint density at radius 1 is 1.08 bits per heavy atom. The summed E-state index contributed by atoms with van der Waals surface area (Å²) >= 11 is 0. The lowest BCUT2D eigenvalue weighted by molar-refractivity contribution is -0.116. The van der Waals surface area contributed by atoms with Gasteiger partial charge in [-0.2, -0.15) is 0 Å². The number of hydrogen-bond acceptors (Lipinski definition) is 3. The Morgan fingerprint density at radius 2 is 1.81 bits per heavy atom. The summed E-state index contributed by atoms with van der Waals surface area (Å²) in [6.45, 7) is 3.96. The van der Waals surface area contributed by atoms with Crippen molar-refractivity contribution in [3.05, 3.63) is 65.0 Å². The maximum atomic E-state index is 13.8. The molecule has 1 aliphatic heterocycles. The molecule has 2 aromatic carbocycles. The predicted molar refractivity (Wildman–Crippen MR) is 95.5 cm³/mol. The number of rotatable bonds is 5. The van der Waals surface area contributed by atoms with Crippen molar-refractivity contribution in [1.29, 1.82) is 0 Å². The second-order valence-electron chi connectivity index (χ2n) is 6.46. The van der Waals surface area contributed by atoms with E-state index in [0.717, 1.165) is 16.5 Å². The molecule has 3 rings (SSSR count). The Kier molecular flexibility index (Phi) is 4.84. The molecular formula is C20H19FN2O3. The standard InChI is InChI=1S/C20H19FN2O3/c1-12(2)13-6-3-4-9-16(13)22-17(24)10-11-23-19(25)14-7-5-8-15(21)18(14)20(23)26/h3-9,12H,10-11H2,1-2H3,(H,22,24). The molecule has 5 nitrogen and oxygen atoms in total. The molecule has 0 aromatic heterocycles. The van der Waals surface area contributed by atoms with Crippen LogP contribution in [0.2, 0.25) is 0 Å². The van der Waals surface area contributed by atoms with Gasteiger partial charge in [0.15, 0.2) is 0 Å². The Morgan fingerprint density at radius 3 is 2.50 bits per heavy atom. The molecule has 6 heteroatoms. The molecule has 0 aliphatic carbocycles. The van der Waals surface area contributed by atoms with Crippen LogP contribution in [0.25, 0.3) is 0 Å². The Hall–Kier alpha value is -3.02. The second-order valence-corrected chi connectivity index (χ2v) is 6.46. The first kappa shape index (κ1) is 17.8. The Bertz CT molecular complexity index is 892. The quantitative estimate of drug-likeness (QED) is 0.835. The topological polar surface area (TPSA) is 66.5 Å². The van der Waals surface area contributed by atoms with Crippen molar-refractivity contribution in [3.8, 4) is 0 Å². The van der Waals surface area contributed by atoms with Crippen LogP contribution in [0.5, 0.6) is 0 Å². The fourth-order valence-electron chi connectivity index (χ4n) is 3.04. The number of anilines is 1. The van der Waals surface area contributed by atoms with Crippen molar-refractivity contribution >= 4 is 23.4 Å². The number of para-hydroxylation sites is 1. The molecule has 26 heavy (non-hydrogen) atoms. The highest BCUT2D eigenvalue weighted by Crippen LogP contribution is 2.26. The summed E-state index contributed by atoms with van der Waals surface area (Å²) in [6, 6.07) is 11.4. The van der Waals surface area contributed by atoms with Crippen LogP contribution in [0, 0.1) is 5.82 Å². The van der Waals surface area contributed by atoms with Crippen LogP contribution in [0.1, 0.15) is 52.5 Å². The number of carbonyl (C=O) groups is 3. The summed E-state index contributed by atoms with van der Waals surface area (Å²) in [4.78, 5) is 37.7. The fraction of sp³-hybridized carbons (Fsp3) is 0.250. The number of imide groups is 1. The average molecular weight is 354 g/mol. The van der Waals surface area contributed by atoms with Crippen molar-refractivity contribution in [2.45, 2.75) is 26.2 Å². The van der Waals surface area contributed by atoms with Crippen LogP contribution in [-0.4, -0.2) is 29.2 Å². The number of hydrogen-bond donors (Lipinski definition) is 1. The predicted octanol–water partition coefficient (Wildman–Crippen LogP) is 3.57. The van der Waals surface area contributed by atoms with E-state index in [4.69, 9.17) is 0 Å². The summed E-state index contributed by atoms with van der Waals surface area (Å²) < 4.78 is 13.8. The van der Waals surface area contributed by atoms with Crippen LogP contribution >= 0.6 is 0 Å². The second kappa shape index (κ2) is 7.07. The third-order valence-corrected chi connectivity index (χ3v) is 4.37. The van der Waals surface area contributed by atoms with E-state index in [1.807, 2.05) is 38.1 Å². The first-order valence-corrected chi connectivity index (χ1v) is 8.43. The van der Waals surface area contributed by atoms with Crippen LogP contribution in [0.3, 0.4) is 0 Å². The zero-order valence-electron chi connectivity index (χ0n) is 14.6. The van der Waals surface area contributed by atoms with Crippen LogP contribution in [0.15, 0.2) is 42.5 Å². The van der Waals surface area contributed by atoms with Gasteiger partial charge in [0.25, 0.3) is 11.8 Å². The number of amides is 3. The zero-order chi connectivity index (χ0) is 18.8. The van der Waals surface area contributed by atoms with Gasteiger partial charge < -0.3 is 5.32 Å². The number of fused-ring (bicyclic) bond motifs is 1. The van der Waals surface area contributed by atoms with Crippen LogP contribution in [0.4, 0.5) is 10.1 Å². The van der Waals surface area contributed by atoms with Crippen molar-refractivity contribution < 1.29 is 18.8 Å². The van der Waals surface area contributed by atoms with E-state index in [1.165, 1.54) is 12.1 Å². The van der Waals surface area contributed by atoms with E-state index >= 15 is 0 Å². The molecule has 3 amide bonds. The van der Waals surface area contributed by atoms with Gasteiger partial charge in [-0.3, -0.25) is 19.3 Å². The number of nitrogens with one attached hydrogen (secondary N) is 1. The van der Waals surface area contributed by atoms with Crippen LogP contribution < -0.4 is 5.32 Å². The summed E-state index contributed by atoms with van der Waals surface area (Å²) in [5.74, 6) is -2.06. The molecule has 0 fully saturated rings. The minimum atomic E-state index is -0.723. The van der Waals surface area contributed by atoms with Gasteiger partial charge in [-0.15, -0.1) is 0 Å². The number of halogens is 1. The molecular weight excluding hydrogens is 335 g/mol. The molecule has 0 radical (unpaired) electrons. The van der Waals surface area contributed by atoms with Gasteiger partial charge in [0.2, 0.25) is 5.91 Å². The van der Waals surface area contributed by atoms with Crippen molar-refractivity contribution in [2.75, 3.05) is 11.9 Å². The van der Waals surface area contributed by atoms with Gasteiger partial charge in [-0.25, -0.2) is 4.39 Å². The van der Waals surface area contributed by atoms with E-state index in [9.17, 15) is 18.8 Å². The van der Waals surface area contributed by atoms with E-state index in [0.29, 0.717) is 5.69 Å². The molecule has 0 saturated carbocycles. The first-order valence-electron chi connectivity index (χ1n) is 8.43. The number of carbonyl (C=O) groups excluding carboxylic acids is 3. The molecule has 1 aliphatic rings. The van der Waals surface area contributed by atoms with Gasteiger partial charge >= 0.3 is 0 Å². The Labute approximate surface area is 150 Å². The first-order chi connectivity index (χ1) is 12.4. The number of benzene rings is 2. The monoisotopic (exact) mass is 354 g/mol. The summed E-state index contributed by atoms with van der Waals surface area (Å²) in [7, 11) is 0. The van der Waals surface area contributed by atoms with E-state index in [-0.39, 0.29) is 35.9 Å². The third kappa shape index (κ3) is 3.22. The summed E-state index contributed by atoms with van der Waals surface area (Å²) in [5.41, 5.74) is 1.54. The maximum Gasteiger partial charge on any atom is 0.264 e. The molecule has 0 bridgehead atoms. The lowest BCUT2D eigenvalue weighted by Crippen LogP contribution is -2.33. The third-order valence-electron chi connectivity index (χ3n) is 4.37. The van der Waals surface area contributed by atoms with Crippen molar-refractivity contribution in [3.63, 3.8) is 0 Å².